The minimum Gasteiger partial charge on any atom is -0.283 e. The zero-order chi connectivity index (χ0) is 20.1. The van der Waals surface area contributed by atoms with Crippen molar-refractivity contribution >= 4 is 27.5 Å². The normalized spacial score (nSPS) is 13.5. The van der Waals surface area contributed by atoms with Crippen LogP contribution in [-0.4, -0.2) is 14.4 Å². The molecule has 0 saturated heterocycles. The second kappa shape index (κ2) is 5.38. The van der Waals surface area contributed by atoms with E-state index in [1.165, 1.54) is 60.7 Å². The second-order valence-corrected chi connectivity index (χ2v) is 8.65. The number of benzene rings is 3. The van der Waals surface area contributed by atoms with Crippen molar-refractivity contribution in [3.8, 4) is 22.3 Å². The molecule has 3 heteroatoms. The predicted octanol–water partition coefficient (Wildman–Crippen LogP) is 6.18. The fourth-order valence-corrected chi connectivity index (χ4v) is 5.93. The van der Waals surface area contributed by atoms with Gasteiger partial charge >= 0.3 is 0 Å². The molecular formula is C28H17N3. The lowest BCUT2D eigenvalue weighted by atomic mass is 9.94. The first-order valence-corrected chi connectivity index (χ1v) is 10.8. The monoisotopic (exact) mass is 395 g/mol. The Kier molecular flexibility index (Phi) is 2.74. The van der Waals surface area contributed by atoms with E-state index in [9.17, 15) is 0 Å². The van der Waals surface area contributed by atoms with Crippen LogP contribution in [-0.2, 0) is 12.8 Å². The van der Waals surface area contributed by atoms with Gasteiger partial charge in [0.15, 0.2) is 0 Å². The van der Waals surface area contributed by atoms with Crippen molar-refractivity contribution in [2.45, 2.75) is 12.8 Å². The number of aromatic nitrogens is 3. The minimum atomic E-state index is 0.970. The maximum Gasteiger partial charge on any atom is 0.146 e. The van der Waals surface area contributed by atoms with Crippen LogP contribution in [0.1, 0.15) is 22.3 Å². The van der Waals surface area contributed by atoms with Crippen LogP contribution in [0.2, 0.25) is 0 Å². The molecule has 6 aromatic rings. The van der Waals surface area contributed by atoms with Crippen molar-refractivity contribution < 1.29 is 0 Å². The SMILES string of the molecule is c1ccc2c(c1)Cc1c-2ccc2c1Cc1ccc3c(c1-2)c1cccnc1n1ccnc31. The second-order valence-electron chi connectivity index (χ2n) is 8.65. The lowest BCUT2D eigenvalue weighted by Gasteiger charge is -2.13. The molecule has 0 bridgehead atoms. The number of fused-ring (bicyclic) bond motifs is 14. The van der Waals surface area contributed by atoms with Gasteiger partial charge in [0.1, 0.15) is 11.3 Å². The molecule has 0 amide bonds. The van der Waals surface area contributed by atoms with Gasteiger partial charge in [0.25, 0.3) is 0 Å². The van der Waals surface area contributed by atoms with Gasteiger partial charge < -0.3 is 0 Å². The summed E-state index contributed by atoms with van der Waals surface area (Å²) in [5, 5.41) is 3.67. The molecule has 144 valence electrons. The van der Waals surface area contributed by atoms with Crippen LogP contribution in [0, 0.1) is 0 Å². The summed E-state index contributed by atoms with van der Waals surface area (Å²) in [5.74, 6) is 0. The summed E-state index contributed by atoms with van der Waals surface area (Å²) in [5.41, 5.74) is 13.4. The molecule has 3 heterocycles. The number of hydrogen-bond donors (Lipinski definition) is 0. The van der Waals surface area contributed by atoms with E-state index in [2.05, 4.69) is 64.0 Å². The Balaban J connectivity index is 1.51. The third-order valence-electron chi connectivity index (χ3n) is 7.20. The van der Waals surface area contributed by atoms with Crippen LogP contribution in [0.25, 0.3) is 49.7 Å². The fraction of sp³-hybridized carbons (Fsp3) is 0.0714. The summed E-state index contributed by atoms with van der Waals surface area (Å²) < 4.78 is 2.11. The van der Waals surface area contributed by atoms with E-state index in [4.69, 9.17) is 4.98 Å². The zero-order valence-corrected chi connectivity index (χ0v) is 16.8. The van der Waals surface area contributed by atoms with E-state index < -0.39 is 0 Å². The molecule has 0 fully saturated rings. The molecule has 3 nitrogen and oxygen atoms in total. The smallest absolute Gasteiger partial charge is 0.146 e. The molecule has 3 aromatic heterocycles. The van der Waals surface area contributed by atoms with Gasteiger partial charge in [-0.25, -0.2) is 9.97 Å². The van der Waals surface area contributed by atoms with Crippen LogP contribution >= 0.6 is 0 Å². The van der Waals surface area contributed by atoms with Gasteiger partial charge in [0, 0.05) is 34.7 Å². The van der Waals surface area contributed by atoms with E-state index in [-0.39, 0.29) is 0 Å². The predicted molar refractivity (Wildman–Crippen MR) is 124 cm³/mol. The summed E-state index contributed by atoms with van der Waals surface area (Å²) in [7, 11) is 0. The largest absolute Gasteiger partial charge is 0.283 e. The molecule has 2 aliphatic carbocycles. The maximum absolute atomic E-state index is 4.72. The lowest BCUT2D eigenvalue weighted by molar-refractivity contribution is 1.16. The Morgan fingerprint density at radius 2 is 1.39 bits per heavy atom. The minimum absolute atomic E-state index is 0.970. The highest BCUT2D eigenvalue weighted by molar-refractivity contribution is 6.18. The maximum atomic E-state index is 4.72. The summed E-state index contributed by atoms with van der Waals surface area (Å²) in [4.78, 5) is 9.41. The van der Waals surface area contributed by atoms with Gasteiger partial charge in [-0.05, 0) is 69.5 Å². The summed E-state index contributed by atoms with van der Waals surface area (Å²) in [6.07, 6.45) is 7.78. The molecule has 0 atom stereocenters. The highest BCUT2D eigenvalue weighted by Crippen LogP contribution is 2.49. The molecule has 3 aromatic carbocycles. The number of rotatable bonds is 0. The quantitative estimate of drug-likeness (QED) is 0.287. The Hall–Kier alpha value is -3.98. The highest BCUT2D eigenvalue weighted by Gasteiger charge is 2.29. The first kappa shape index (κ1) is 15.8. The highest BCUT2D eigenvalue weighted by atomic mass is 15.0. The zero-order valence-electron chi connectivity index (χ0n) is 16.8. The number of pyridine rings is 2. The molecule has 0 unspecified atom stereocenters. The Morgan fingerprint density at radius 1 is 0.613 bits per heavy atom. The molecule has 2 aliphatic rings. The molecule has 0 N–H and O–H groups in total. The fourth-order valence-electron chi connectivity index (χ4n) is 5.93. The summed E-state index contributed by atoms with van der Waals surface area (Å²) >= 11 is 0. The molecule has 0 aliphatic heterocycles. The van der Waals surface area contributed by atoms with Crippen LogP contribution < -0.4 is 0 Å². The first-order valence-electron chi connectivity index (χ1n) is 10.8. The standard InChI is InChI=1S/C28H17N3/c1-2-5-18-16(4-1)14-23-19(18)9-10-20-24(23)15-17-7-8-22-26(25(17)20)21-6-3-11-29-27(21)31-13-12-30-28(22)31/h1-13H,14-15H2. The Labute approximate surface area is 178 Å². The number of nitrogens with zero attached hydrogens (tertiary/aromatic N) is 3. The van der Waals surface area contributed by atoms with Crippen LogP contribution in [0.3, 0.4) is 0 Å². The van der Waals surface area contributed by atoms with Gasteiger partial charge in [0.05, 0.1) is 0 Å². The molecular weight excluding hydrogens is 378 g/mol. The van der Waals surface area contributed by atoms with Crippen LogP contribution in [0.4, 0.5) is 0 Å². The molecule has 8 rings (SSSR count). The third-order valence-corrected chi connectivity index (χ3v) is 7.20. The topological polar surface area (TPSA) is 30.2 Å². The molecule has 0 radical (unpaired) electrons. The van der Waals surface area contributed by atoms with Gasteiger partial charge in [-0.2, -0.15) is 0 Å². The average molecular weight is 395 g/mol. The molecule has 0 spiro atoms. The van der Waals surface area contributed by atoms with Crippen molar-refractivity contribution in [3.63, 3.8) is 0 Å². The van der Waals surface area contributed by atoms with Crippen LogP contribution in [0.15, 0.2) is 79.3 Å². The van der Waals surface area contributed by atoms with Gasteiger partial charge in [-0.1, -0.05) is 48.5 Å². The van der Waals surface area contributed by atoms with Crippen molar-refractivity contribution in [1.29, 1.82) is 0 Å². The number of hydrogen-bond acceptors (Lipinski definition) is 2. The lowest BCUT2D eigenvalue weighted by Crippen LogP contribution is -1.94. The molecule has 31 heavy (non-hydrogen) atoms. The third kappa shape index (κ3) is 1.85. The van der Waals surface area contributed by atoms with E-state index in [0.717, 1.165) is 24.1 Å². The van der Waals surface area contributed by atoms with Crippen molar-refractivity contribution in [2.75, 3.05) is 0 Å². The summed E-state index contributed by atoms with van der Waals surface area (Å²) in [6, 6.07) is 22.3. The first-order chi connectivity index (χ1) is 15.4. The van der Waals surface area contributed by atoms with Crippen molar-refractivity contribution in [3.05, 3.63) is 102 Å². The van der Waals surface area contributed by atoms with Gasteiger partial charge in [0.2, 0.25) is 0 Å². The van der Waals surface area contributed by atoms with E-state index in [0.29, 0.717) is 0 Å². The van der Waals surface area contributed by atoms with E-state index in [1.54, 1.807) is 0 Å². The van der Waals surface area contributed by atoms with E-state index in [1.807, 2.05) is 24.7 Å². The Bertz CT molecular complexity index is 1740. The van der Waals surface area contributed by atoms with Gasteiger partial charge in [-0.3, -0.25) is 4.40 Å². The number of imidazole rings is 1. The Morgan fingerprint density at radius 3 is 2.35 bits per heavy atom. The van der Waals surface area contributed by atoms with Crippen molar-refractivity contribution in [2.24, 2.45) is 0 Å². The molecule has 0 saturated carbocycles. The van der Waals surface area contributed by atoms with Crippen molar-refractivity contribution in [1.82, 2.24) is 14.4 Å². The summed E-state index contributed by atoms with van der Waals surface area (Å²) in [6.45, 7) is 0. The van der Waals surface area contributed by atoms with Crippen LogP contribution in [0.5, 0.6) is 0 Å². The van der Waals surface area contributed by atoms with E-state index >= 15 is 0 Å². The average Bonchev–Trinajstić information content (AvgIpc) is 3.53. The van der Waals surface area contributed by atoms with Gasteiger partial charge in [-0.15, -0.1) is 0 Å².